The highest BCUT2D eigenvalue weighted by Crippen LogP contribution is 2.54. The highest BCUT2D eigenvalue weighted by molar-refractivity contribution is 5.36. The van der Waals surface area contributed by atoms with Crippen LogP contribution in [-0.4, -0.2) is 30.8 Å². The van der Waals surface area contributed by atoms with Gasteiger partial charge in [0.2, 0.25) is 0 Å². The van der Waals surface area contributed by atoms with Gasteiger partial charge in [-0.2, -0.15) is 0 Å². The predicted molar refractivity (Wildman–Crippen MR) is 63.8 cm³/mol. The zero-order valence-electron chi connectivity index (χ0n) is 10.0. The van der Waals surface area contributed by atoms with Crippen LogP contribution in [0.3, 0.4) is 0 Å². The Morgan fingerprint density at radius 1 is 1.47 bits per heavy atom. The number of carbonyl (C=O) groups is 1. The summed E-state index contributed by atoms with van der Waals surface area (Å²) in [5, 5.41) is 0. The molecule has 3 unspecified atom stereocenters. The van der Waals surface area contributed by atoms with Crippen molar-refractivity contribution >= 4 is 6.47 Å². The van der Waals surface area contributed by atoms with E-state index >= 15 is 0 Å². The quantitative estimate of drug-likeness (QED) is 0.280. The molecule has 4 nitrogen and oxygen atoms in total. The number of rotatable bonds is 8. The van der Waals surface area contributed by atoms with E-state index in [4.69, 9.17) is 9.47 Å². The molecule has 0 bridgehead atoms. The molecule has 0 aromatic rings. The van der Waals surface area contributed by atoms with Gasteiger partial charge < -0.3 is 14.4 Å². The van der Waals surface area contributed by atoms with Crippen molar-refractivity contribution in [1.29, 1.82) is 0 Å². The van der Waals surface area contributed by atoms with Crippen molar-refractivity contribution in [2.45, 2.75) is 25.3 Å². The fourth-order valence-corrected chi connectivity index (χ4v) is 2.76. The topological polar surface area (TPSA) is 38.8 Å². The summed E-state index contributed by atoms with van der Waals surface area (Å²) in [7, 11) is 0. The molecular formula is C13H19NO3. The van der Waals surface area contributed by atoms with Crippen LogP contribution in [0.1, 0.15) is 19.3 Å². The van der Waals surface area contributed by atoms with Gasteiger partial charge in [-0.15, -0.1) is 0 Å². The standard InChI is InChI=1S/C13H19NO3/c1-3-6-17-10(2)14(8-16-9-15)13-5-4-11-7-12(11)13/h3,9,11-13H,1-2,4-8H2. The normalized spacial score (nSPS) is 29.1. The Labute approximate surface area is 102 Å². The minimum absolute atomic E-state index is 0.230. The SMILES string of the molecule is C=CCOC(=C)N(COC=O)C1CCC2CC21. The summed E-state index contributed by atoms with van der Waals surface area (Å²) in [6.45, 7) is 8.63. The monoisotopic (exact) mass is 237 g/mol. The number of fused-ring (bicyclic) bond motifs is 1. The summed E-state index contributed by atoms with van der Waals surface area (Å²) >= 11 is 0. The minimum atomic E-state index is 0.230. The maximum Gasteiger partial charge on any atom is 0.294 e. The van der Waals surface area contributed by atoms with Gasteiger partial charge in [-0.3, -0.25) is 4.79 Å². The van der Waals surface area contributed by atoms with Crippen molar-refractivity contribution in [1.82, 2.24) is 4.90 Å². The lowest BCUT2D eigenvalue weighted by molar-refractivity contribution is -0.134. The van der Waals surface area contributed by atoms with Gasteiger partial charge >= 0.3 is 0 Å². The van der Waals surface area contributed by atoms with Gasteiger partial charge in [-0.1, -0.05) is 12.7 Å². The first-order valence-electron chi connectivity index (χ1n) is 6.02. The maximum atomic E-state index is 10.3. The van der Waals surface area contributed by atoms with E-state index in [2.05, 4.69) is 13.2 Å². The van der Waals surface area contributed by atoms with Crippen molar-refractivity contribution in [3.05, 3.63) is 25.1 Å². The van der Waals surface area contributed by atoms with Gasteiger partial charge in [0, 0.05) is 6.04 Å². The Bertz CT molecular complexity index is 316. The molecule has 0 amide bonds. The van der Waals surface area contributed by atoms with Crippen molar-refractivity contribution in [2.24, 2.45) is 11.8 Å². The van der Waals surface area contributed by atoms with E-state index in [9.17, 15) is 4.79 Å². The number of ether oxygens (including phenoxy) is 2. The third-order valence-electron chi connectivity index (χ3n) is 3.67. The van der Waals surface area contributed by atoms with Gasteiger partial charge in [0.05, 0.1) is 0 Å². The van der Waals surface area contributed by atoms with Crippen LogP contribution in [0.5, 0.6) is 0 Å². The Balaban J connectivity index is 1.93. The van der Waals surface area contributed by atoms with E-state index in [0.29, 0.717) is 25.0 Å². The second-order valence-electron chi connectivity index (χ2n) is 4.66. The lowest BCUT2D eigenvalue weighted by Crippen LogP contribution is -2.37. The largest absolute Gasteiger partial charge is 0.475 e. The Morgan fingerprint density at radius 2 is 2.29 bits per heavy atom. The number of nitrogens with zero attached hydrogens (tertiary/aromatic N) is 1. The average molecular weight is 237 g/mol. The fourth-order valence-electron chi connectivity index (χ4n) is 2.76. The summed E-state index contributed by atoms with van der Waals surface area (Å²) in [5.41, 5.74) is 0. The van der Waals surface area contributed by atoms with Crippen LogP contribution in [0, 0.1) is 11.8 Å². The minimum Gasteiger partial charge on any atom is -0.475 e. The predicted octanol–water partition coefficient (Wildman–Crippen LogP) is 1.89. The molecule has 0 N–H and O–H groups in total. The number of hydrogen-bond acceptors (Lipinski definition) is 4. The summed E-state index contributed by atoms with van der Waals surface area (Å²) in [6.07, 6.45) is 5.37. The molecule has 94 valence electrons. The van der Waals surface area contributed by atoms with Crippen LogP contribution >= 0.6 is 0 Å². The lowest BCUT2D eigenvalue weighted by Gasteiger charge is -2.31. The molecule has 2 fully saturated rings. The van der Waals surface area contributed by atoms with Gasteiger partial charge in [-0.25, -0.2) is 0 Å². The lowest BCUT2D eigenvalue weighted by atomic mass is 10.1. The van der Waals surface area contributed by atoms with Crippen molar-refractivity contribution < 1.29 is 14.3 Å². The van der Waals surface area contributed by atoms with Gasteiger partial charge in [0.1, 0.15) is 6.61 Å². The summed E-state index contributed by atoms with van der Waals surface area (Å²) < 4.78 is 10.3. The fraction of sp³-hybridized carbons (Fsp3) is 0.615. The zero-order chi connectivity index (χ0) is 12.3. The molecule has 2 aliphatic carbocycles. The highest BCUT2D eigenvalue weighted by Gasteiger charge is 2.50. The van der Waals surface area contributed by atoms with E-state index in [1.807, 2.05) is 4.90 Å². The van der Waals surface area contributed by atoms with Crippen molar-refractivity contribution in [2.75, 3.05) is 13.3 Å². The van der Waals surface area contributed by atoms with E-state index in [1.165, 1.54) is 12.8 Å². The molecule has 0 heterocycles. The summed E-state index contributed by atoms with van der Waals surface area (Å²) in [6, 6.07) is 0.414. The van der Waals surface area contributed by atoms with E-state index in [0.717, 1.165) is 18.3 Å². The van der Waals surface area contributed by atoms with Crippen molar-refractivity contribution in [3.8, 4) is 0 Å². The van der Waals surface area contributed by atoms with E-state index in [-0.39, 0.29) is 6.73 Å². The average Bonchev–Trinajstić information content (AvgIpc) is 3.01. The van der Waals surface area contributed by atoms with Crippen LogP contribution < -0.4 is 0 Å². The molecule has 0 spiro atoms. The molecule has 0 aromatic heterocycles. The first-order valence-corrected chi connectivity index (χ1v) is 6.02. The molecule has 0 saturated heterocycles. The summed E-state index contributed by atoms with van der Waals surface area (Å²) in [5.74, 6) is 2.17. The van der Waals surface area contributed by atoms with Crippen LogP contribution in [0.15, 0.2) is 25.1 Å². The molecule has 0 aliphatic heterocycles. The number of hydrogen-bond donors (Lipinski definition) is 0. The third-order valence-corrected chi connectivity index (χ3v) is 3.67. The molecule has 2 aliphatic rings. The van der Waals surface area contributed by atoms with Gasteiger partial charge in [-0.05, 0) is 37.7 Å². The van der Waals surface area contributed by atoms with Crippen molar-refractivity contribution in [3.63, 3.8) is 0 Å². The van der Waals surface area contributed by atoms with E-state index in [1.54, 1.807) is 6.08 Å². The second kappa shape index (κ2) is 5.25. The maximum absolute atomic E-state index is 10.3. The smallest absolute Gasteiger partial charge is 0.294 e. The Hall–Kier alpha value is -1.45. The Kier molecular flexibility index (Phi) is 3.71. The molecule has 2 rings (SSSR count). The molecule has 3 atom stereocenters. The molecule has 17 heavy (non-hydrogen) atoms. The first-order chi connectivity index (χ1) is 8.27. The van der Waals surface area contributed by atoms with Crippen LogP contribution in [0.2, 0.25) is 0 Å². The molecular weight excluding hydrogens is 218 g/mol. The molecule has 4 heteroatoms. The molecule has 0 radical (unpaired) electrons. The van der Waals surface area contributed by atoms with Gasteiger partial charge in [0.25, 0.3) is 6.47 Å². The third kappa shape index (κ3) is 2.62. The Morgan fingerprint density at radius 3 is 2.82 bits per heavy atom. The molecule has 0 aromatic carbocycles. The summed E-state index contributed by atoms with van der Waals surface area (Å²) in [4.78, 5) is 12.3. The number of carbonyl (C=O) groups excluding carboxylic acids is 1. The van der Waals surface area contributed by atoms with E-state index < -0.39 is 0 Å². The zero-order valence-corrected chi connectivity index (χ0v) is 10.0. The second-order valence-corrected chi connectivity index (χ2v) is 4.66. The van der Waals surface area contributed by atoms with Gasteiger partial charge in [0.15, 0.2) is 12.6 Å². The van der Waals surface area contributed by atoms with Crippen LogP contribution in [-0.2, 0) is 14.3 Å². The molecule has 2 saturated carbocycles. The first kappa shape index (κ1) is 12.0. The van der Waals surface area contributed by atoms with Crippen LogP contribution in [0.4, 0.5) is 0 Å². The highest BCUT2D eigenvalue weighted by atomic mass is 16.5. The van der Waals surface area contributed by atoms with Crippen LogP contribution in [0.25, 0.3) is 0 Å².